The van der Waals surface area contributed by atoms with E-state index in [0.717, 1.165) is 31.2 Å². The summed E-state index contributed by atoms with van der Waals surface area (Å²) in [5, 5.41) is 17.2. The summed E-state index contributed by atoms with van der Waals surface area (Å²) in [5.41, 5.74) is 7.00. The van der Waals surface area contributed by atoms with Gasteiger partial charge in [-0.1, -0.05) is 82.4 Å². The van der Waals surface area contributed by atoms with Crippen LogP contribution in [0.5, 0.6) is 0 Å². The van der Waals surface area contributed by atoms with Crippen molar-refractivity contribution in [3.8, 4) is 0 Å². The largest absolute Gasteiger partial charge is 0.391 e. The molecule has 1 saturated carbocycles. The lowest BCUT2D eigenvalue weighted by Crippen LogP contribution is -2.55. The van der Waals surface area contributed by atoms with Gasteiger partial charge in [-0.3, -0.25) is 14.4 Å². The first kappa shape index (κ1) is 32.1. The molecule has 6 N–H and O–H groups in total. The number of benzene rings is 1. The number of rotatable bonds is 16. The van der Waals surface area contributed by atoms with Crippen molar-refractivity contribution in [2.45, 2.75) is 89.8 Å². The van der Waals surface area contributed by atoms with Gasteiger partial charge in [0.1, 0.15) is 12.0 Å². The van der Waals surface area contributed by atoms with Gasteiger partial charge in [0.15, 0.2) is 0 Å². The van der Waals surface area contributed by atoms with Crippen LogP contribution in [0.4, 0.5) is 0 Å². The van der Waals surface area contributed by atoms with Gasteiger partial charge in [-0.2, -0.15) is 0 Å². The Hall–Kier alpha value is -3.46. The maximum Gasteiger partial charge on any atom is 0.243 e. The molecule has 3 amide bonds. The average molecular weight is 566 g/mol. The van der Waals surface area contributed by atoms with Crippen molar-refractivity contribution in [2.24, 2.45) is 29.4 Å². The Morgan fingerprint density at radius 2 is 1.80 bits per heavy atom. The average Bonchev–Trinajstić information content (AvgIpc) is 3.47. The van der Waals surface area contributed by atoms with Gasteiger partial charge in [0.2, 0.25) is 17.7 Å². The molecular formula is C32H47N5O4. The summed E-state index contributed by atoms with van der Waals surface area (Å²) >= 11 is 0. The van der Waals surface area contributed by atoms with Gasteiger partial charge in [0.05, 0.1) is 24.2 Å². The Morgan fingerprint density at radius 3 is 2.39 bits per heavy atom. The van der Waals surface area contributed by atoms with Crippen LogP contribution >= 0.6 is 0 Å². The van der Waals surface area contributed by atoms with Crippen molar-refractivity contribution in [3.05, 3.63) is 66.8 Å². The van der Waals surface area contributed by atoms with Crippen molar-refractivity contribution in [2.75, 3.05) is 0 Å². The molecule has 9 nitrogen and oxygen atoms in total. The number of H-pyrrole nitrogens is 1. The fourth-order valence-electron chi connectivity index (χ4n) is 5.73. The fourth-order valence-corrected chi connectivity index (χ4v) is 5.73. The summed E-state index contributed by atoms with van der Waals surface area (Å²) in [6, 6.07) is 7.65. The first-order valence-corrected chi connectivity index (χ1v) is 14.9. The third kappa shape index (κ3) is 10.1. The predicted molar refractivity (Wildman–Crippen MR) is 159 cm³/mol. The number of allylic oxidation sites excluding steroid dienone is 1. The van der Waals surface area contributed by atoms with Gasteiger partial charge in [-0.25, -0.2) is 4.98 Å². The van der Waals surface area contributed by atoms with Crippen LogP contribution in [0.2, 0.25) is 0 Å². The fraction of sp³-hybridized carbons (Fsp3) is 0.562. The molecule has 1 aliphatic rings. The summed E-state index contributed by atoms with van der Waals surface area (Å²) in [4.78, 5) is 46.5. The number of hydrogen-bond acceptors (Lipinski definition) is 5. The molecule has 1 heterocycles. The van der Waals surface area contributed by atoms with Crippen LogP contribution in [0.3, 0.4) is 0 Å². The Kier molecular flexibility index (Phi) is 12.6. The Bertz CT molecular complexity index is 1100. The molecule has 0 spiro atoms. The molecule has 9 heteroatoms. The lowest BCUT2D eigenvalue weighted by Gasteiger charge is -2.33. The molecule has 0 aliphatic heterocycles. The van der Waals surface area contributed by atoms with Gasteiger partial charge in [0.25, 0.3) is 0 Å². The van der Waals surface area contributed by atoms with Crippen LogP contribution in [0.25, 0.3) is 0 Å². The van der Waals surface area contributed by atoms with Gasteiger partial charge >= 0.3 is 0 Å². The zero-order valence-corrected chi connectivity index (χ0v) is 24.4. The summed E-state index contributed by atoms with van der Waals surface area (Å²) in [5.74, 6) is -2.14. The van der Waals surface area contributed by atoms with Crippen molar-refractivity contribution in [1.29, 1.82) is 0 Å². The van der Waals surface area contributed by atoms with E-state index in [-0.39, 0.29) is 18.8 Å². The second-order valence-corrected chi connectivity index (χ2v) is 11.8. The predicted octanol–water partition coefficient (Wildman–Crippen LogP) is 3.45. The minimum absolute atomic E-state index is 0.102. The summed E-state index contributed by atoms with van der Waals surface area (Å²) < 4.78 is 0. The van der Waals surface area contributed by atoms with E-state index in [1.54, 1.807) is 6.20 Å². The standard InChI is InChI=1S/C32H47N5O4/c1-4-24(21(2)3)17-29(38)27(16-23-13-9-6-10-14-23)36-32(41)28(18-25-19-34-20-35-25)37-31(40)26(30(33)39)15-22-11-7-5-8-12-22/h4-5,7-8,11-12,19-21,23-24,26-29,38H,1,6,9-10,13-18H2,2-3H3,(H2,33,39)(H,34,35)(H,36,41)(H,37,40)/t24-,26?,27-,28-,29-/m0/s1. The third-order valence-corrected chi connectivity index (χ3v) is 8.32. The molecule has 2 aromatic rings. The Labute approximate surface area is 243 Å². The number of amides is 3. The van der Waals surface area contributed by atoms with Gasteiger partial charge < -0.3 is 26.5 Å². The first-order chi connectivity index (χ1) is 19.7. The van der Waals surface area contributed by atoms with Crippen LogP contribution in [-0.4, -0.2) is 51.0 Å². The molecule has 1 aromatic carbocycles. The Morgan fingerprint density at radius 1 is 1.10 bits per heavy atom. The molecule has 1 unspecified atom stereocenters. The number of nitrogens with zero attached hydrogens (tertiary/aromatic N) is 1. The number of aliphatic hydroxyl groups is 1. The van der Waals surface area contributed by atoms with Crippen molar-refractivity contribution < 1.29 is 19.5 Å². The lowest BCUT2D eigenvalue weighted by molar-refractivity contribution is -0.136. The number of nitrogens with two attached hydrogens (primary N) is 1. The summed E-state index contributed by atoms with van der Waals surface area (Å²) in [6.45, 7) is 8.12. The molecule has 0 radical (unpaired) electrons. The van der Waals surface area contributed by atoms with E-state index in [2.05, 4.69) is 41.0 Å². The van der Waals surface area contributed by atoms with E-state index in [4.69, 9.17) is 5.73 Å². The molecule has 0 saturated heterocycles. The highest BCUT2D eigenvalue weighted by Crippen LogP contribution is 2.30. The summed E-state index contributed by atoms with van der Waals surface area (Å²) in [6.07, 6.45) is 11.3. The number of nitrogens with one attached hydrogen (secondary N) is 3. The van der Waals surface area contributed by atoms with E-state index in [0.29, 0.717) is 30.4 Å². The van der Waals surface area contributed by atoms with Crippen LogP contribution in [0, 0.1) is 23.7 Å². The minimum Gasteiger partial charge on any atom is -0.391 e. The normalized spacial score (nSPS) is 17.7. The zero-order chi connectivity index (χ0) is 29.8. The van der Waals surface area contributed by atoms with E-state index in [1.807, 2.05) is 36.4 Å². The van der Waals surface area contributed by atoms with Gasteiger partial charge in [-0.05, 0) is 42.6 Å². The van der Waals surface area contributed by atoms with E-state index >= 15 is 0 Å². The number of imidazole rings is 1. The number of aromatic nitrogens is 2. The lowest BCUT2D eigenvalue weighted by atomic mass is 9.81. The molecular weight excluding hydrogens is 518 g/mol. The topological polar surface area (TPSA) is 150 Å². The third-order valence-electron chi connectivity index (χ3n) is 8.32. The molecule has 1 aliphatic carbocycles. The van der Waals surface area contributed by atoms with E-state index < -0.39 is 41.8 Å². The zero-order valence-electron chi connectivity index (χ0n) is 24.4. The second-order valence-electron chi connectivity index (χ2n) is 11.8. The quantitative estimate of drug-likeness (QED) is 0.156. The Balaban J connectivity index is 1.79. The summed E-state index contributed by atoms with van der Waals surface area (Å²) in [7, 11) is 0. The highest BCUT2D eigenvalue weighted by Gasteiger charge is 2.33. The second kappa shape index (κ2) is 16.1. The molecule has 5 atom stereocenters. The van der Waals surface area contributed by atoms with Gasteiger partial charge in [-0.15, -0.1) is 6.58 Å². The number of primary amides is 1. The molecule has 224 valence electrons. The van der Waals surface area contributed by atoms with Crippen LogP contribution in [0.1, 0.15) is 70.1 Å². The number of hydrogen-bond donors (Lipinski definition) is 5. The van der Waals surface area contributed by atoms with Crippen molar-refractivity contribution in [1.82, 2.24) is 20.6 Å². The first-order valence-electron chi connectivity index (χ1n) is 14.9. The minimum atomic E-state index is -1.14. The molecule has 1 fully saturated rings. The van der Waals surface area contributed by atoms with Crippen LogP contribution in [-0.2, 0) is 27.2 Å². The maximum absolute atomic E-state index is 13.8. The molecule has 41 heavy (non-hydrogen) atoms. The van der Waals surface area contributed by atoms with Crippen molar-refractivity contribution >= 4 is 17.7 Å². The number of aliphatic hydroxyl groups excluding tert-OH is 1. The van der Waals surface area contributed by atoms with Crippen LogP contribution < -0.4 is 16.4 Å². The maximum atomic E-state index is 13.8. The SMILES string of the molecule is C=C[C@@H](C[C@H](O)[C@H](CC1CCCCC1)NC(=O)[C@H](Cc1c[nH]cn1)NC(=O)C(Cc1ccccc1)C(N)=O)C(C)C. The number of carbonyl (C=O) groups excluding carboxylic acids is 3. The number of carbonyl (C=O) groups is 3. The van der Waals surface area contributed by atoms with Gasteiger partial charge in [0, 0.05) is 12.6 Å². The molecule has 3 rings (SSSR count). The molecule has 1 aromatic heterocycles. The van der Waals surface area contributed by atoms with E-state index in [1.165, 1.54) is 12.7 Å². The number of aromatic amines is 1. The van der Waals surface area contributed by atoms with E-state index in [9.17, 15) is 19.5 Å². The smallest absolute Gasteiger partial charge is 0.243 e. The molecule has 0 bridgehead atoms. The van der Waals surface area contributed by atoms with Crippen molar-refractivity contribution in [3.63, 3.8) is 0 Å². The highest BCUT2D eigenvalue weighted by atomic mass is 16.3. The van der Waals surface area contributed by atoms with Crippen LogP contribution in [0.15, 0.2) is 55.5 Å². The highest BCUT2D eigenvalue weighted by molar-refractivity contribution is 6.01. The monoisotopic (exact) mass is 565 g/mol.